The smallest absolute Gasteiger partial charge is 0.407 e. The minimum atomic E-state index is -4.11. The number of nitrogens with zero attached hydrogens (tertiary/aromatic N) is 2. The molecule has 206 valence electrons. The van der Waals surface area contributed by atoms with E-state index in [2.05, 4.69) is 5.32 Å². The van der Waals surface area contributed by atoms with Gasteiger partial charge in [0, 0.05) is 24.7 Å². The normalized spacial score (nSPS) is 21.0. The van der Waals surface area contributed by atoms with Crippen LogP contribution in [0.2, 0.25) is 5.02 Å². The highest BCUT2D eigenvalue weighted by atomic mass is 35.5. The number of carbonyl (C=O) groups excluding carboxylic acids is 2. The van der Waals surface area contributed by atoms with E-state index in [-0.39, 0.29) is 16.3 Å². The topological polar surface area (TPSA) is 105 Å². The van der Waals surface area contributed by atoms with Crippen LogP contribution in [0.25, 0.3) is 0 Å². The molecule has 0 saturated heterocycles. The van der Waals surface area contributed by atoms with Gasteiger partial charge >= 0.3 is 12.1 Å². The largest absolute Gasteiger partial charge is 0.493 e. The minimum absolute atomic E-state index is 0.0277. The van der Waals surface area contributed by atoms with Gasteiger partial charge in [-0.3, -0.25) is 4.90 Å². The van der Waals surface area contributed by atoms with Crippen LogP contribution in [0.5, 0.6) is 5.75 Å². The van der Waals surface area contributed by atoms with Crippen molar-refractivity contribution in [1.29, 1.82) is 0 Å². The summed E-state index contributed by atoms with van der Waals surface area (Å²) in [6.07, 6.45) is 3.49. The second-order valence-electron chi connectivity index (χ2n) is 10.8. The highest BCUT2D eigenvalue weighted by molar-refractivity contribution is 7.94. The Morgan fingerprint density at radius 2 is 1.68 bits per heavy atom. The first kappa shape index (κ1) is 28.0. The van der Waals surface area contributed by atoms with Crippen molar-refractivity contribution in [2.75, 3.05) is 29.4 Å². The Balaban J connectivity index is 1.35. The lowest BCUT2D eigenvalue weighted by atomic mass is 9.82. The van der Waals surface area contributed by atoms with E-state index in [4.69, 9.17) is 21.1 Å². The molecule has 2 aromatic carbocycles. The van der Waals surface area contributed by atoms with Crippen molar-refractivity contribution in [3.63, 3.8) is 0 Å². The number of ether oxygens (including phenoxy) is 2. The molecule has 1 aliphatic carbocycles. The van der Waals surface area contributed by atoms with Gasteiger partial charge in [0.25, 0.3) is 10.0 Å². The number of benzene rings is 2. The zero-order valence-electron chi connectivity index (χ0n) is 22.1. The van der Waals surface area contributed by atoms with Gasteiger partial charge in [-0.05, 0) is 94.7 Å². The average molecular weight is 564 g/mol. The van der Waals surface area contributed by atoms with Gasteiger partial charge in [-0.15, -0.1) is 0 Å². The van der Waals surface area contributed by atoms with E-state index in [0.717, 1.165) is 30.0 Å². The van der Waals surface area contributed by atoms with Gasteiger partial charge in [-0.25, -0.2) is 18.0 Å². The first-order chi connectivity index (χ1) is 17.8. The average Bonchev–Trinajstić information content (AvgIpc) is 2.85. The first-order valence-corrected chi connectivity index (χ1v) is 14.5. The molecule has 0 bridgehead atoms. The fourth-order valence-corrected chi connectivity index (χ4v) is 6.44. The minimum Gasteiger partial charge on any atom is -0.493 e. The van der Waals surface area contributed by atoms with Crippen molar-refractivity contribution in [1.82, 2.24) is 5.32 Å². The third-order valence-electron chi connectivity index (χ3n) is 6.72. The molecule has 11 heteroatoms. The van der Waals surface area contributed by atoms with Crippen molar-refractivity contribution in [2.45, 2.75) is 57.0 Å². The van der Waals surface area contributed by atoms with Gasteiger partial charge in [-0.2, -0.15) is 4.31 Å². The van der Waals surface area contributed by atoms with Gasteiger partial charge in [0.05, 0.1) is 18.0 Å². The monoisotopic (exact) mass is 563 g/mol. The highest BCUT2D eigenvalue weighted by Crippen LogP contribution is 2.39. The molecule has 2 aliphatic rings. The summed E-state index contributed by atoms with van der Waals surface area (Å²) in [5, 5.41) is 3.30. The number of nitrogens with one attached hydrogen (secondary N) is 1. The molecule has 1 heterocycles. The second-order valence-corrected chi connectivity index (χ2v) is 13.0. The molecule has 0 atom stereocenters. The fraction of sp³-hybridized carbons (Fsp3) is 0.481. The van der Waals surface area contributed by atoms with E-state index in [1.54, 1.807) is 12.1 Å². The van der Waals surface area contributed by atoms with Crippen LogP contribution in [0.15, 0.2) is 47.4 Å². The van der Waals surface area contributed by atoms with Crippen molar-refractivity contribution < 1.29 is 27.5 Å². The van der Waals surface area contributed by atoms with Gasteiger partial charge in [0.1, 0.15) is 16.2 Å². The summed E-state index contributed by atoms with van der Waals surface area (Å²) in [5.41, 5.74) is -0.0261. The summed E-state index contributed by atoms with van der Waals surface area (Å²) in [5.74, 6) is 1.26. The quantitative estimate of drug-likeness (QED) is 0.475. The molecule has 0 unspecified atom stereocenters. The van der Waals surface area contributed by atoms with Gasteiger partial charge in [-0.1, -0.05) is 11.6 Å². The number of sulfonamides is 1. The molecule has 4 rings (SSSR count). The Labute approximate surface area is 229 Å². The van der Waals surface area contributed by atoms with Crippen LogP contribution < -0.4 is 19.3 Å². The van der Waals surface area contributed by atoms with E-state index < -0.39 is 27.7 Å². The summed E-state index contributed by atoms with van der Waals surface area (Å²) >= 11 is 5.93. The Kier molecular flexibility index (Phi) is 8.13. The molecule has 3 amide bonds. The van der Waals surface area contributed by atoms with Gasteiger partial charge in [0.15, 0.2) is 0 Å². The molecule has 1 aliphatic heterocycles. The molecule has 1 saturated carbocycles. The van der Waals surface area contributed by atoms with Crippen LogP contribution in [0.3, 0.4) is 0 Å². The number of hydrogen-bond acceptors (Lipinski definition) is 6. The number of rotatable bonds is 6. The molecule has 38 heavy (non-hydrogen) atoms. The summed E-state index contributed by atoms with van der Waals surface area (Å²) in [6, 6.07) is 10.1. The van der Waals surface area contributed by atoms with E-state index in [1.807, 2.05) is 20.8 Å². The predicted molar refractivity (Wildman–Crippen MR) is 147 cm³/mol. The number of fused-ring (bicyclic) bond motifs is 1. The Morgan fingerprint density at radius 3 is 2.32 bits per heavy atom. The van der Waals surface area contributed by atoms with Crippen molar-refractivity contribution >= 4 is 45.1 Å². The zero-order chi connectivity index (χ0) is 27.7. The number of halogens is 1. The van der Waals surface area contributed by atoms with E-state index >= 15 is 0 Å². The number of urea groups is 1. The number of alkyl carbamates (subject to hydrolysis) is 1. The predicted octanol–water partition coefficient (Wildman–Crippen LogP) is 5.82. The number of hydrogen-bond donors (Lipinski definition) is 1. The van der Waals surface area contributed by atoms with Gasteiger partial charge in [0.2, 0.25) is 0 Å². The summed E-state index contributed by atoms with van der Waals surface area (Å²) in [7, 11) is -2.57. The molecule has 1 N–H and O–H groups in total. The van der Waals surface area contributed by atoms with Gasteiger partial charge < -0.3 is 14.8 Å². The van der Waals surface area contributed by atoms with Crippen molar-refractivity contribution in [3.05, 3.63) is 47.5 Å². The van der Waals surface area contributed by atoms with Crippen molar-refractivity contribution in [2.24, 2.45) is 11.8 Å². The van der Waals surface area contributed by atoms with Crippen LogP contribution in [0, 0.1) is 11.8 Å². The SMILES string of the molecule is CN1C(=O)N(c2ccc(Cl)cc2)S(=O)(=O)c2ccc(OCC3CCC(CNC(=O)OC(C)(C)C)CC3)cc21. The lowest BCUT2D eigenvalue weighted by Gasteiger charge is -2.34. The third-order valence-corrected chi connectivity index (χ3v) is 8.72. The molecule has 0 radical (unpaired) electrons. The van der Waals surface area contributed by atoms with Crippen LogP contribution >= 0.6 is 11.6 Å². The van der Waals surface area contributed by atoms with E-state index in [0.29, 0.717) is 35.8 Å². The molecule has 0 spiro atoms. The summed E-state index contributed by atoms with van der Waals surface area (Å²) in [4.78, 5) is 26.3. The Morgan fingerprint density at radius 1 is 1.05 bits per heavy atom. The second kappa shape index (κ2) is 11.0. The molecular weight excluding hydrogens is 530 g/mol. The molecule has 0 aromatic heterocycles. The standard InChI is InChI=1S/C27H34ClN3O6S/c1-27(2,3)37-25(32)29-16-18-5-7-19(8-6-18)17-36-22-13-14-24-23(15-22)30(4)26(33)31(38(24,34)35)21-11-9-20(28)10-12-21/h9-15,18-19H,5-8,16-17H2,1-4H3,(H,29,32). The first-order valence-electron chi connectivity index (χ1n) is 12.7. The molecule has 1 fully saturated rings. The van der Waals surface area contributed by atoms with Crippen molar-refractivity contribution in [3.8, 4) is 5.75 Å². The van der Waals surface area contributed by atoms with Crippen LogP contribution in [-0.4, -0.2) is 46.3 Å². The number of carbonyl (C=O) groups is 2. The molecule has 9 nitrogen and oxygen atoms in total. The fourth-order valence-electron chi connectivity index (χ4n) is 4.69. The lowest BCUT2D eigenvalue weighted by Crippen LogP contribution is -2.49. The van der Waals surface area contributed by atoms with Crippen LogP contribution in [-0.2, 0) is 14.8 Å². The van der Waals surface area contributed by atoms with E-state index in [1.165, 1.54) is 42.3 Å². The number of anilines is 2. The Hall–Kier alpha value is -2.98. The highest BCUT2D eigenvalue weighted by Gasteiger charge is 2.41. The maximum Gasteiger partial charge on any atom is 0.407 e. The lowest BCUT2D eigenvalue weighted by molar-refractivity contribution is 0.0511. The Bertz CT molecular complexity index is 1280. The maximum absolute atomic E-state index is 13.3. The van der Waals surface area contributed by atoms with E-state index in [9.17, 15) is 18.0 Å². The maximum atomic E-state index is 13.3. The molecule has 2 aromatic rings. The van der Waals surface area contributed by atoms with Crippen LogP contribution in [0.4, 0.5) is 21.0 Å². The number of amides is 3. The van der Waals surface area contributed by atoms with Crippen LogP contribution in [0.1, 0.15) is 46.5 Å². The molecular formula is C27H34ClN3O6S. The zero-order valence-corrected chi connectivity index (χ0v) is 23.6. The third kappa shape index (κ3) is 6.35. The summed E-state index contributed by atoms with van der Waals surface area (Å²) < 4.78 is 38.8. The summed E-state index contributed by atoms with van der Waals surface area (Å²) in [6.45, 7) is 6.60.